The number of H-pyrrole nitrogens is 1. The first-order valence-electron chi connectivity index (χ1n) is 7.08. The molecule has 0 radical (unpaired) electrons. The van der Waals surface area contributed by atoms with E-state index in [9.17, 15) is 5.26 Å². The van der Waals surface area contributed by atoms with Crippen LogP contribution in [0.25, 0.3) is 0 Å². The van der Waals surface area contributed by atoms with E-state index in [0.717, 1.165) is 34.6 Å². The monoisotopic (exact) mass is 300 g/mol. The van der Waals surface area contributed by atoms with Gasteiger partial charge in [-0.15, -0.1) is 11.6 Å². The topological polar surface area (TPSA) is 64.5 Å². The molecule has 4 nitrogen and oxygen atoms in total. The molecule has 108 valence electrons. The second-order valence-electron chi connectivity index (χ2n) is 5.65. The van der Waals surface area contributed by atoms with Crippen molar-refractivity contribution in [2.24, 2.45) is 5.92 Å². The largest absolute Gasteiger partial charge is 0.343 e. The lowest BCUT2D eigenvalue weighted by molar-refractivity contribution is 0.728. The molecule has 2 aliphatic rings. The molecule has 1 aromatic heterocycles. The van der Waals surface area contributed by atoms with Crippen LogP contribution in [0.15, 0.2) is 41.3 Å². The lowest BCUT2D eigenvalue weighted by Gasteiger charge is -2.31. The van der Waals surface area contributed by atoms with Crippen molar-refractivity contribution >= 4 is 17.4 Å². The highest BCUT2D eigenvalue weighted by atomic mass is 35.5. The number of allylic oxidation sites excluding steroid dienone is 6. The summed E-state index contributed by atoms with van der Waals surface area (Å²) >= 11 is 6.50. The third-order valence-electron chi connectivity index (χ3n) is 3.98. The van der Waals surface area contributed by atoms with Gasteiger partial charge in [-0.1, -0.05) is 32.1 Å². The van der Waals surface area contributed by atoms with E-state index >= 15 is 0 Å². The fraction of sp³-hybridized carbons (Fsp3) is 0.375. The average molecular weight is 301 g/mol. The molecule has 0 saturated carbocycles. The number of halogens is 1. The highest BCUT2D eigenvalue weighted by molar-refractivity contribution is 6.22. The number of aromatic amines is 1. The highest BCUT2D eigenvalue weighted by Gasteiger charge is 2.35. The van der Waals surface area contributed by atoms with Crippen molar-refractivity contribution in [3.63, 3.8) is 0 Å². The van der Waals surface area contributed by atoms with Crippen molar-refractivity contribution in [1.82, 2.24) is 10.2 Å². The summed E-state index contributed by atoms with van der Waals surface area (Å²) in [5.41, 5.74) is 3.74. The van der Waals surface area contributed by atoms with Crippen molar-refractivity contribution in [2.75, 3.05) is 5.32 Å². The van der Waals surface area contributed by atoms with E-state index in [2.05, 4.69) is 41.5 Å². The summed E-state index contributed by atoms with van der Waals surface area (Å²) in [6.45, 7) is 4.15. The fourth-order valence-electron chi connectivity index (χ4n) is 2.95. The molecule has 0 aromatic carbocycles. The quantitative estimate of drug-likeness (QED) is 0.815. The molecule has 0 saturated heterocycles. The maximum Gasteiger partial charge on any atom is 0.129 e. The molecule has 5 heteroatoms. The molecule has 1 aliphatic heterocycles. The molecule has 0 fully saturated rings. The molecule has 2 heterocycles. The lowest BCUT2D eigenvalue weighted by atomic mass is 9.78. The van der Waals surface area contributed by atoms with Gasteiger partial charge in [-0.2, -0.15) is 10.4 Å². The van der Waals surface area contributed by atoms with Crippen LogP contribution in [0.2, 0.25) is 0 Å². The highest BCUT2D eigenvalue weighted by Crippen LogP contribution is 2.45. The Balaban J connectivity index is 2.18. The summed E-state index contributed by atoms with van der Waals surface area (Å²) < 4.78 is 0. The van der Waals surface area contributed by atoms with Gasteiger partial charge in [0.2, 0.25) is 0 Å². The minimum absolute atomic E-state index is 0.0855. The Kier molecular flexibility index (Phi) is 3.60. The molecule has 21 heavy (non-hydrogen) atoms. The van der Waals surface area contributed by atoms with Crippen LogP contribution in [0.1, 0.15) is 31.7 Å². The summed E-state index contributed by atoms with van der Waals surface area (Å²) in [5.74, 6) is 0.976. The standard InChI is InChI=1S/C16H17ClN4/c1-9(2)15-11(7-18)14(10-5-3-4-6-13(10)17)12-8-19-21-16(12)20-15/h3-5,8-9,13-14H,6H2,1-2H3,(H2,19,20,21). The molecular weight excluding hydrogens is 284 g/mol. The van der Waals surface area contributed by atoms with Gasteiger partial charge in [0.25, 0.3) is 0 Å². The average Bonchev–Trinajstić information content (AvgIpc) is 2.94. The van der Waals surface area contributed by atoms with Gasteiger partial charge in [0, 0.05) is 17.2 Å². The van der Waals surface area contributed by atoms with Crippen molar-refractivity contribution in [1.29, 1.82) is 5.26 Å². The Labute approximate surface area is 129 Å². The summed E-state index contributed by atoms with van der Waals surface area (Å²) in [6, 6.07) is 2.39. The number of hydrogen-bond donors (Lipinski definition) is 2. The van der Waals surface area contributed by atoms with E-state index in [1.807, 2.05) is 12.2 Å². The molecule has 2 atom stereocenters. The van der Waals surface area contributed by atoms with Crippen LogP contribution >= 0.6 is 11.6 Å². The zero-order valence-electron chi connectivity index (χ0n) is 12.0. The summed E-state index contributed by atoms with van der Waals surface area (Å²) in [6.07, 6.45) is 8.67. The second kappa shape index (κ2) is 5.42. The number of nitrogens with one attached hydrogen (secondary N) is 2. The third kappa shape index (κ3) is 2.28. The minimum Gasteiger partial charge on any atom is -0.343 e. The first-order valence-corrected chi connectivity index (χ1v) is 7.52. The molecule has 3 rings (SSSR count). The number of rotatable bonds is 2. The first kappa shape index (κ1) is 14.0. The summed E-state index contributed by atoms with van der Waals surface area (Å²) in [4.78, 5) is 0. The van der Waals surface area contributed by atoms with Gasteiger partial charge in [0.1, 0.15) is 5.82 Å². The van der Waals surface area contributed by atoms with Crippen LogP contribution in [0, 0.1) is 17.2 Å². The molecular formula is C16H17ClN4. The van der Waals surface area contributed by atoms with Gasteiger partial charge in [-0.25, -0.2) is 0 Å². The van der Waals surface area contributed by atoms with Crippen molar-refractivity contribution in [3.8, 4) is 6.07 Å². The molecule has 2 N–H and O–H groups in total. The predicted octanol–water partition coefficient (Wildman–Crippen LogP) is 3.85. The van der Waals surface area contributed by atoms with E-state index < -0.39 is 0 Å². The van der Waals surface area contributed by atoms with Crippen LogP contribution in [-0.4, -0.2) is 15.6 Å². The molecule has 1 aliphatic carbocycles. The van der Waals surface area contributed by atoms with Gasteiger partial charge >= 0.3 is 0 Å². The molecule has 0 bridgehead atoms. The molecule has 0 spiro atoms. The Morgan fingerprint density at radius 3 is 2.95 bits per heavy atom. The second-order valence-corrected chi connectivity index (χ2v) is 6.18. The van der Waals surface area contributed by atoms with Crippen molar-refractivity contribution in [2.45, 2.75) is 31.6 Å². The van der Waals surface area contributed by atoms with Gasteiger partial charge in [0.15, 0.2) is 0 Å². The van der Waals surface area contributed by atoms with E-state index in [1.165, 1.54) is 0 Å². The SMILES string of the molecule is CC(C)C1=C(C#N)C(C2=CC=CCC2Cl)c2cn[nH]c2N1. The Bertz CT molecular complexity index is 687. The fourth-order valence-corrected chi connectivity index (χ4v) is 3.25. The number of alkyl halides is 1. The van der Waals surface area contributed by atoms with Gasteiger partial charge in [0.05, 0.1) is 23.2 Å². The Morgan fingerprint density at radius 1 is 1.48 bits per heavy atom. The van der Waals surface area contributed by atoms with Crippen LogP contribution in [-0.2, 0) is 0 Å². The molecule has 0 amide bonds. The van der Waals surface area contributed by atoms with Crippen LogP contribution in [0.5, 0.6) is 0 Å². The van der Waals surface area contributed by atoms with E-state index in [1.54, 1.807) is 6.20 Å². The maximum absolute atomic E-state index is 9.69. The van der Waals surface area contributed by atoms with Gasteiger partial charge in [-0.3, -0.25) is 5.10 Å². The summed E-state index contributed by atoms with van der Waals surface area (Å²) in [5, 5.41) is 20.0. The van der Waals surface area contributed by atoms with Gasteiger partial charge in [-0.05, 0) is 17.9 Å². The summed E-state index contributed by atoms with van der Waals surface area (Å²) in [7, 11) is 0. The third-order valence-corrected chi connectivity index (χ3v) is 4.41. The maximum atomic E-state index is 9.69. The Hall–Kier alpha value is -1.99. The van der Waals surface area contributed by atoms with Crippen LogP contribution in [0.4, 0.5) is 5.82 Å². The number of fused-ring (bicyclic) bond motifs is 1. The van der Waals surface area contributed by atoms with Crippen molar-refractivity contribution in [3.05, 3.63) is 46.8 Å². The van der Waals surface area contributed by atoms with Crippen molar-refractivity contribution < 1.29 is 0 Å². The predicted molar refractivity (Wildman–Crippen MR) is 83.9 cm³/mol. The zero-order chi connectivity index (χ0) is 15.0. The number of anilines is 1. The normalized spacial score (nSPS) is 24.4. The van der Waals surface area contributed by atoms with E-state index in [-0.39, 0.29) is 17.2 Å². The first-order chi connectivity index (χ1) is 10.1. The van der Waals surface area contributed by atoms with Crippen LogP contribution in [0.3, 0.4) is 0 Å². The van der Waals surface area contributed by atoms with Crippen LogP contribution < -0.4 is 5.32 Å². The number of aromatic nitrogens is 2. The smallest absolute Gasteiger partial charge is 0.129 e. The minimum atomic E-state index is -0.116. The Morgan fingerprint density at radius 2 is 2.29 bits per heavy atom. The number of nitriles is 1. The zero-order valence-corrected chi connectivity index (χ0v) is 12.8. The molecule has 1 aromatic rings. The van der Waals surface area contributed by atoms with E-state index in [4.69, 9.17) is 11.6 Å². The lowest BCUT2D eigenvalue weighted by Crippen LogP contribution is -2.24. The number of nitrogens with zero attached hydrogens (tertiary/aromatic N) is 2. The number of hydrogen-bond acceptors (Lipinski definition) is 3. The van der Waals surface area contributed by atoms with E-state index in [0.29, 0.717) is 0 Å². The molecule has 2 unspecified atom stereocenters. The van der Waals surface area contributed by atoms with Gasteiger partial charge < -0.3 is 5.32 Å².